The number of anilines is 1. The molecule has 1 aromatic carbocycles. The van der Waals surface area contributed by atoms with Gasteiger partial charge in [0.2, 0.25) is 0 Å². The molecular formula is C10H14BrNO2. The van der Waals surface area contributed by atoms with Gasteiger partial charge in [-0.25, -0.2) is 0 Å². The molecule has 2 N–H and O–H groups in total. The fraction of sp³-hybridized carbons (Fsp3) is 0.400. The fourth-order valence-electron chi connectivity index (χ4n) is 1.30. The van der Waals surface area contributed by atoms with E-state index in [4.69, 9.17) is 10.2 Å². The van der Waals surface area contributed by atoms with Crippen molar-refractivity contribution in [2.24, 2.45) is 0 Å². The molecule has 0 fully saturated rings. The van der Waals surface area contributed by atoms with E-state index in [0.29, 0.717) is 13.1 Å². The van der Waals surface area contributed by atoms with Gasteiger partial charge in [0.1, 0.15) is 0 Å². The van der Waals surface area contributed by atoms with Crippen LogP contribution in [0.1, 0.15) is 0 Å². The van der Waals surface area contributed by atoms with Gasteiger partial charge in [0, 0.05) is 17.6 Å². The number of benzene rings is 1. The Bertz CT molecular complexity index is 275. The Morgan fingerprint density at radius 2 is 1.64 bits per heavy atom. The highest BCUT2D eigenvalue weighted by atomic mass is 79.9. The summed E-state index contributed by atoms with van der Waals surface area (Å²) in [5, 5.41) is 17.8. The molecule has 0 unspecified atom stereocenters. The summed E-state index contributed by atoms with van der Waals surface area (Å²) in [5.41, 5.74) is 0.996. The molecule has 0 saturated carbocycles. The molecule has 3 nitrogen and oxygen atoms in total. The van der Waals surface area contributed by atoms with E-state index in [0.717, 1.165) is 10.2 Å². The van der Waals surface area contributed by atoms with Crippen LogP contribution in [0.2, 0.25) is 0 Å². The second kappa shape index (κ2) is 6.01. The van der Waals surface area contributed by atoms with Gasteiger partial charge in [-0.3, -0.25) is 0 Å². The Labute approximate surface area is 92.1 Å². The third kappa shape index (κ3) is 2.97. The lowest BCUT2D eigenvalue weighted by Crippen LogP contribution is -2.29. The maximum Gasteiger partial charge on any atom is 0.0606 e. The van der Waals surface area contributed by atoms with Crippen molar-refractivity contribution < 1.29 is 10.2 Å². The lowest BCUT2D eigenvalue weighted by atomic mass is 10.3. The van der Waals surface area contributed by atoms with E-state index in [1.807, 2.05) is 29.2 Å². The highest BCUT2D eigenvalue weighted by Gasteiger charge is 2.07. The maximum atomic E-state index is 8.88. The molecule has 1 aromatic rings. The van der Waals surface area contributed by atoms with Crippen LogP contribution in [0.5, 0.6) is 0 Å². The van der Waals surface area contributed by atoms with E-state index in [1.54, 1.807) is 0 Å². The van der Waals surface area contributed by atoms with Crippen LogP contribution >= 0.6 is 15.9 Å². The molecule has 0 saturated heterocycles. The van der Waals surface area contributed by atoms with Crippen LogP contribution in [0.4, 0.5) is 5.69 Å². The SMILES string of the molecule is OCCN(CCO)c1ccccc1Br. The standard InChI is InChI=1S/C10H14BrNO2/c11-9-3-1-2-4-10(9)12(5-7-13)6-8-14/h1-4,13-14H,5-8H2. The Morgan fingerprint density at radius 3 is 2.14 bits per heavy atom. The molecule has 0 spiro atoms. The maximum absolute atomic E-state index is 8.88. The van der Waals surface area contributed by atoms with Crippen molar-refractivity contribution >= 4 is 21.6 Å². The normalized spacial score (nSPS) is 10.2. The van der Waals surface area contributed by atoms with Crippen LogP contribution in [0.25, 0.3) is 0 Å². The van der Waals surface area contributed by atoms with E-state index in [2.05, 4.69) is 15.9 Å². The molecule has 0 amide bonds. The van der Waals surface area contributed by atoms with Crippen molar-refractivity contribution in [1.82, 2.24) is 0 Å². The van der Waals surface area contributed by atoms with E-state index in [9.17, 15) is 0 Å². The summed E-state index contributed by atoms with van der Waals surface area (Å²) in [6.45, 7) is 1.23. The van der Waals surface area contributed by atoms with Crippen molar-refractivity contribution in [3.8, 4) is 0 Å². The summed E-state index contributed by atoms with van der Waals surface area (Å²) in [5.74, 6) is 0. The van der Waals surface area contributed by atoms with Crippen LogP contribution in [-0.2, 0) is 0 Å². The summed E-state index contributed by atoms with van der Waals surface area (Å²) < 4.78 is 0.974. The van der Waals surface area contributed by atoms with Gasteiger partial charge in [0.25, 0.3) is 0 Å². The molecule has 0 aromatic heterocycles. The summed E-state index contributed by atoms with van der Waals surface area (Å²) in [6.07, 6.45) is 0. The van der Waals surface area contributed by atoms with Crippen molar-refractivity contribution in [3.05, 3.63) is 28.7 Å². The number of rotatable bonds is 5. The van der Waals surface area contributed by atoms with Gasteiger partial charge in [-0.2, -0.15) is 0 Å². The number of nitrogens with zero attached hydrogens (tertiary/aromatic N) is 1. The molecule has 0 aliphatic carbocycles. The molecule has 4 heteroatoms. The summed E-state index contributed by atoms with van der Waals surface area (Å²) in [4.78, 5) is 1.93. The van der Waals surface area contributed by atoms with Gasteiger partial charge in [0.05, 0.1) is 18.9 Å². The molecule has 1 rings (SSSR count). The number of para-hydroxylation sites is 1. The van der Waals surface area contributed by atoms with Crippen molar-refractivity contribution in [1.29, 1.82) is 0 Å². The van der Waals surface area contributed by atoms with E-state index < -0.39 is 0 Å². The van der Waals surface area contributed by atoms with E-state index >= 15 is 0 Å². The van der Waals surface area contributed by atoms with E-state index in [-0.39, 0.29) is 13.2 Å². The number of hydrogen-bond acceptors (Lipinski definition) is 3. The zero-order chi connectivity index (χ0) is 10.4. The summed E-state index contributed by atoms with van der Waals surface area (Å²) in [6, 6.07) is 7.76. The number of hydrogen-bond donors (Lipinski definition) is 2. The Hall–Kier alpha value is -0.580. The smallest absolute Gasteiger partial charge is 0.0606 e. The highest BCUT2D eigenvalue weighted by molar-refractivity contribution is 9.10. The van der Waals surface area contributed by atoms with Gasteiger partial charge in [-0.15, -0.1) is 0 Å². The van der Waals surface area contributed by atoms with Crippen molar-refractivity contribution in [2.45, 2.75) is 0 Å². The first-order valence-corrected chi connectivity index (χ1v) is 5.30. The first-order chi connectivity index (χ1) is 6.79. The van der Waals surface area contributed by atoms with Crippen LogP contribution in [0.3, 0.4) is 0 Å². The monoisotopic (exact) mass is 259 g/mol. The zero-order valence-corrected chi connectivity index (χ0v) is 9.44. The minimum Gasteiger partial charge on any atom is -0.395 e. The molecule has 0 bridgehead atoms. The first-order valence-electron chi connectivity index (χ1n) is 4.50. The third-order valence-electron chi connectivity index (χ3n) is 1.93. The van der Waals surface area contributed by atoms with Gasteiger partial charge in [-0.05, 0) is 28.1 Å². The topological polar surface area (TPSA) is 43.7 Å². The third-order valence-corrected chi connectivity index (χ3v) is 2.60. The molecule has 0 atom stereocenters. The van der Waals surface area contributed by atoms with Crippen LogP contribution < -0.4 is 4.90 Å². The Kier molecular flexibility index (Phi) is 4.93. The number of aliphatic hydroxyl groups is 2. The average molecular weight is 260 g/mol. The molecule has 0 aliphatic rings. The molecule has 0 aliphatic heterocycles. The van der Waals surface area contributed by atoms with Gasteiger partial charge in [0.15, 0.2) is 0 Å². The first kappa shape index (κ1) is 11.5. The van der Waals surface area contributed by atoms with Gasteiger partial charge in [-0.1, -0.05) is 12.1 Å². The fourth-order valence-corrected chi connectivity index (χ4v) is 1.84. The lowest BCUT2D eigenvalue weighted by molar-refractivity contribution is 0.281. The van der Waals surface area contributed by atoms with E-state index in [1.165, 1.54) is 0 Å². The van der Waals surface area contributed by atoms with Crippen molar-refractivity contribution in [2.75, 3.05) is 31.2 Å². The predicted molar refractivity (Wildman–Crippen MR) is 60.5 cm³/mol. The van der Waals surface area contributed by atoms with Gasteiger partial charge >= 0.3 is 0 Å². The second-order valence-corrected chi connectivity index (χ2v) is 3.74. The summed E-state index contributed by atoms with van der Waals surface area (Å²) in [7, 11) is 0. The molecule has 14 heavy (non-hydrogen) atoms. The second-order valence-electron chi connectivity index (χ2n) is 2.89. The lowest BCUT2D eigenvalue weighted by Gasteiger charge is -2.23. The molecule has 0 radical (unpaired) electrons. The minimum atomic E-state index is 0.0847. The number of aliphatic hydroxyl groups excluding tert-OH is 2. The predicted octanol–water partition coefficient (Wildman–Crippen LogP) is 1.24. The zero-order valence-electron chi connectivity index (χ0n) is 7.86. The van der Waals surface area contributed by atoms with Gasteiger partial charge < -0.3 is 15.1 Å². The number of halogens is 1. The largest absolute Gasteiger partial charge is 0.395 e. The Balaban J connectivity index is 2.81. The Morgan fingerprint density at radius 1 is 1.07 bits per heavy atom. The van der Waals surface area contributed by atoms with Crippen LogP contribution in [0, 0.1) is 0 Å². The quantitative estimate of drug-likeness (QED) is 0.837. The highest BCUT2D eigenvalue weighted by Crippen LogP contribution is 2.25. The molecule has 0 heterocycles. The van der Waals surface area contributed by atoms with Crippen LogP contribution in [0.15, 0.2) is 28.7 Å². The van der Waals surface area contributed by atoms with Crippen molar-refractivity contribution in [3.63, 3.8) is 0 Å². The summed E-state index contributed by atoms with van der Waals surface area (Å²) >= 11 is 3.43. The minimum absolute atomic E-state index is 0.0847. The molecular weight excluding hydrogens is 246 g/mol. The average Bonchev–Trinajstić information content (AvgIpc) is 2.18. The molecule has 78 valence electrons. The van der Waals surface area contributed by atoms with Crippen LogP contribution in [-0.4, -0.2) is 36.5 Å².